The molecule has 0 radical (unpaired) electrons. The minimum Gasteiger partial charge on any atom is -0.327 e. The molecule has 0 bridgehead atoms. The number of anilines is 2. The molecule has 6 nitrogen and oxygen atoms in total. The van der Waals surface area contributed by atoms with Gasteiger partial charge >= 0.3 is 0 Å². The van der Waals surface area contributed by atoms with E-state index in [2.05, 4.69) is 46.3 Å². The van der Waals surface area contributed by atoms with Crippen LogP contribution in [-0.4, -0.2) is 24.7 Å². The number of hydrogen-bond acceptors (Lipinski definition) is 5. The molecule has 0 saturated carbocycles. The van der Waals surface area contributed by atoms with Crippen LogP contribution in [0.3, 0.4) is 0 Å². The molecular formula is C20H23FN6S. The SMILES string of the molecule is Cc1cn(C2CC=C(c3csc(Nc4cc(C(C)(C)C)[nH]n4)n3)C=C2F)cn1. The van der Waals surface area contributed by atoms with Crippen molar-refractivity contribution in [2.75, 3.05) is 5.32 Å². The number of nitrogens with zero attached hydrogens (tertiary/aromatic N) is 4. The Morgan fingerprint density at radius 2 is 2.18 bits per heavy atom. The average Bonchev–Trinajstić information content (AvgIpc) is 3.36. The number of allylic oxidation sites excluding steroid dienone is 4. The Morgan fingerprint density at radius 3 is 2.82 bits per heavy atom. The van der Waals surface area contributed by atoms with Gasteiger partial charge < -0.3 is 9.88 Å². The minimum atomic E-state index is -0.332. The Balaban J connectivity index is 1.47. The molecule has 1 atom stereocenters. The Labute approximate surface area is 167 Å². The van der Waals surface area contributed by atoms with Crippen molar-refractivity contribution in [3.8, 4) is 0 Å². The van der Waals surface area contributed by atoms with Gasteiger partial charge in [0.05, 0.1) is 23.8 Å². The normalized spacial score (nSPS) is 17.4. The average molecular weight is 399 g/mol. The van der Waals surface area contributed by atoms with Gasteiger partial charge in [-0.25, -0.2) is 14.4 Å². The molecule has 1 aliphatic rings. The lowest BCUT2D eigenvalue weighted by Gasteiger charge is -2.19. The van der Waals surface area contributed by atoms with Crippen molar-refractivity contribution in [2.24, 2.45) is 0 Å². The van der Waals surface area contributed by atoms with E-state index in [0.717, 1.165) is 33.6 Å². The molecule has 1 aliphatic carbocycles. The number of rotatable bonds is 4. The highest BCUT2D eigenvalue weighted by atomic mass is 32.1. The molecule has 4 rings (SSSR count). The largest absolute Gasteiger partial charge is 0.327 e. The van der Waals surface area contributed by atoms with Crippen molar-refractivity contribution in [1.29, 1.82) is 0 Å². The van der Waals surface area contributed by atoms with E-state index in [9.17, 15) is 4.39 Å². The zero-order valence-corrected chi connectivity index (χ0v) is 17.1. The highest BCUT2D eigenvalue weighted by molar-refractivity contribution is 7.13. The molecule has 1 unspecified atom stereocenters. The number of thiazole rings is 1. The number of halogens is 1. The lowest BCUT2D eigenvalue weighted by atomic mass is 9.92. The predicted octanol–water partition coefficient (Wildman–Crippen LogP) is 5.29. The van der Waals surface area contributed by atoms with Crippen LogP contribution in [0, 0.1) is 6.92 Å². The van der Waals surface area contributed by atoms with Gasteiger partial charge in [0.25, 0.3) is 0 Å². The molecule has 146 valence electrons. The third kappa shape index (κ3) is 3.77. The number of nitrogens with one attached hydrogen (secondary N) is 2. The first-order chi connectivity index (χ1) is 13.3. The molecule has 0 saturated heterocycles. The zero-order valence-electron chi connectivity index (χ0n) is 16.3. The van der Waals surface area contributed by atoms with E-state index in [1.54, 1.807) is 12.4 Å². The summed E-state index contributed by atoms with van der Waals surface area (Å²) < 4.78 is 16.5. The summed E-state index contributed by atoms with van der Waals surface area (Å²) in [7, 11) is 0. The van der Waals surface area contributed by atoms with Gasteiger partial charge in [-0.1, -0.05) is 26.8 Å². The van der Waals surface area contributed by atoms with Crippen LogP contribution >= 0.6 is 11.3 Å². The van der Waals surface area contributed by atoms with E-state index in [1.807, 2.05) is 35.2 Å². The molecule has 2 N–H and O–H groups in total. The minimum absolute atomic E-state index is 0.000515. The fourth-order valence-corrected chi connectivity index (χ4v) is 3.78. The number of H-pyrrole nitrogens is 1. The summed E-state index contributed by atoms with van der Waals surface area (Å²) >= 11 is 1.47. The quantitative estimate of drug-likeness (QED) is 0.626. The summed E-state index contributed by atoms with van der Waals surface area (Å²) in [6.45, 7) is 8.28. The number of aromatic nitrogens is 5. The van der Waals surface area contributed by atoms with Crippen molar-refractivity contribution >= 4 is 27.9 Å². The number of hydrogen-bond donors (Lipinski definition) is 2. The first-order valence-corrected chi connectivity index (χ1v) is 10.0. The van der Waals surface area contributed by atoms with Crippen LogP contribution in [0.2, 0.25) is 0 Å². The summed E-state index contributed by atoms with van der Waals surface area (Å²) in [5.41, 5.74) is 3.49. The van der Waals surface area contributed by atoms with E-state index in [1.165, 1.54) is 11.3 Å². The topological polar surface area (TPSA) is 71.4 Å². The predicted molar refractivity (Wildman–Crippen MR) is 110 cm³/mol. The highest BCUT2D eigenvalue weighted by Crippen LogP contribution is 2.35. The van der Waals surface area contributed by atoms with E-state index < -0.39 is 0 Å². The molecule has 3 heterocycles. The summed E-state index contributed by atoms with van der Waals surface area (Å²) in [4.78, 5) is 8.78. The summed E-state index contributed by atoms with van der Waals surface area (Å²) in [6.07, 6.45) is 7.69. The van der Waals surface area contributed by atoms with Crippen LogP contribution in [0.4, 0.5) is 15.3 Å². The number of aryl methyl sites for hydroxylation is 1. The Bertz CT molecular complexity index is 1050. The molecule has 3 aromatic rings. The van der Waals surface area contributed by atoms with Gasteiger partial charge in [0.2, 0.25) is 0 Å². The lowest BCUT2D eigenvalue weighted by molar-refractivity contribution is 0.450. The molecular weight excluding hydrogens is 375 g/mol. The van der Waals surface area contributed by atoms with Crippen molar-refractivity contribution < 1.29 is 4.39 Å². The maximum atomic E-state index is 14.7. The fourth-order valence-electron chi connectivity index (χ4n) is 3.05. The highest BCUT2D eigenvalue weighted by Gasteiger charge is 2.22. The lowest BCUT2D eigenvalue weighted by Crippen LogP contribution is -2.11. The summed E-state index contributed by atoms with van der Waals surface area (Å²) in [5, 5.41) is 13.2. The molecule has 28 heavy (non-hydrogen) atoms. The van der Waals surface area contributed by atoms with Gasteiger partial charge in [0, 0.05) is 28.8 Å². The van der Waals surface area contributed by atoms with Gasteiger partial charge in [-0.05, 0) is 25.0 Å². The smallest absolute Gasteiger partial charge is 0.188 e. The summed E-state index contributed by atoms with van der Waals surface area (Å²) in [5.74, 6) is 0.542. The maximum absolute atomic E-state index is 14.7. The van der Waals surface area contributed by atoms with Crippen molar-refractivity contribution in [3.05, 3.63) is 59.0 Å². The molecule has 0 amide bonds. The standard InChI is InChI=1S/C20H23FN6S/c1-12-9-27(11-22-12)16-6-5-13(7-14(16)21)15-10-28-19(23-15)24-18-8-17(25-26-18)20(2,3)4/h5,7-11,16H,6H2,1-4H3,(H2,23,24,25,26). The monoisotopic (exact) mass is 398 g/mol. The van der Waals surface area contributed by atoms with Gasteiger partial charge in [-0.15, -0.1) is 11.3 Å². The van der Waals surface area contributed by atoms with Crippen LogP contribution in [0.25, 0.3) is 5.57 Å². The van der Waals surface area contributed by atoms with Gasteiger partial charge in [-0.3, -0.25) is 5.10 Å². The molecule has 0 spiro atoms. The first kappa shape index (κ1) is 18.6. The van der Waals surface area contributed by atoms with E-state index in [0.29, 0.717) is 6.42 Å². The second-order valence-corrected chi connectivity index (χ2v) is 8.84. The van der Waals surface area contributed by atoms with Gasteiger partial charge in [0.1, 0.15) is 5.83 Å². The van der Waals surface area contributed by atoms with Crippen molar-refractivity contribution in [1.82, 2.24) is 24.7 Å². The molecule has 0 aromatic carbocycles. The Morgan fingerprint density at radius 1 is 1.36 bits per heavy atom. The molecule has 0 aliphatic heterocycles. The number of imidazole rings is 1. The molecule has 3 aromatic heterocycles. The van der Waals surface area contributed by atoms with Crippen LogP contribution < -0.4 is 5.32 Å². The van der Waals surface area contributed by atoms with Gasteiger partial charge in [-0.2, -0.15) is 5.10 Å². The van der Waals surface area contributed by atoms with E-state index >= 15 is 0 Å². The first-order valence-electron chi connectivity index (χ1n) is 9.16. The Kier molecular flexibility index (Phi) is 4.66. The van der Waals surface area contributed by atoms with Crippen molar-refractivity contribution in [2.45, 2.75) is 45.6 Å². The summed E-state index contributed by atoms with van der Waals surface area (Å²) in [6, 6.07) is 1.65. The third-order valence-corrected chi connectivity index (χ3v) is 5.44. The van der Waals surface area contributed by atoms with Crippen molar-refractivity contribution in [3.63, 3.8) is 0 Å². The zero-order chi connectivity index (χ0) is 19.9. The molecule has 0 fully saturated rings. The van der Waals surface area contributed by atoms with Crippen LogP contribution in [0.5, 0.6) is 0 Å². The molecule has 8 heteroatoms. The maximum Gasteiger partial charge on any atom is 0.188 e. The Hall–Kier alpha value is -2.74. The van der Waals surface area contributed by atoms with Crippen LogP contribution in [-0.2, 0) is 5.41 Å². The third-order valence-electron chi connectivity index (χ3n) is 4.68. The van der Waals surface area contributed by atoms with E-state index in [-0.39, 0.29) is 17.3 Å². The number of aromatic amines is 1. The fraction of sp³-hybridized carbons (Fsp3) is 0.350. The van der Waals surface area contributed by atoms with Crippen LogP contribution in [0.1, 0.15) is 50.3 Å². The van der Waals surface area contributed by atoms with E-state index in [4.69, 9.17) is 0 Å². The second-order valence-electron chi connectivity index (χ2n) is 7.98. The second kappa shape index (κ2) is 7.01. The van der Waals surface area contributed by atoms with Crippen LogP contribution in [0.15, 0.2) is 41.9 Å². The van der Waals surface area contributed by atoms with Gasteiger partial charge in [0.15, 0.2) is 10.9 Å².